The number of nitrogens with two attached hydrogens (primary N) is 1. The lowest BCUT2D eigenvalue weighted by atomic mass is 10.1. The van der Waals surface area contributed by atoms with E-state index in [1.165, 1.54) is 0 Å². The van der Waals surface area contributed by atoms with E-state index in [4.69, 9.17) is 27.3 Å². The minimum atomic E-state index is 0.350. The molecule has 0 aliphatic rings. The van der Waals surface area contributed by atoms with Gasteiger partial charge in [-0.3, -0.25) is 4.98 Å². The lowest BCUT2D eigenvalue weighted by molar-refractivity contribution is 0.487. The molecule has 4 nitrogen and oxygen atoms in total. The van der Waals surface area contributed by atoms with E-state index in [1.54, 1.807) is 36.5 Å². The summed E-state index contributed by atoms with van der Waals surface area (Å²) in [7, 11) is 0. The Morgan fingerprint density at radius 3 is 2.81 bits per heavy atom. The van der Waals surface area contributed by atoms with E-state index in [0.717, 1.165) is 5.39 Å². The van der Waals surface area contributed by atoms with Crippen molar-refractivity contribution in [2.75, 3.05) is 5.73 Å². The fraction of sp³-hybridized carbons (Fsp3) is 0. The number of rotatable bonds is 2. The Balaban J connectivity index is 2.05. The number of halogens is 1. The first-order valence-electron chi connectivity index (χ1n) is 6.20. The maximum Gasteiger partial charge on any atom is 0.153 e. The van der Waals surface area contributed by atoms with Crippen LogP contribution in [0, 0.1) is 11.3 Å². The number of fused-ring (bicyclic) bond motifs is 1. The topological polar surface area (TPSA) is 71.9 Å². The van der Waals surface area contributed by atoms with Crippen LogP contribution in [0.3, 0.4) is 0 Å². The Kier molecular flexibility index (Phi) is 3.35. The zero-order valence-electron chi connectivity index (χ0n) is 10.9. The fourth-order valence-corrected chi connectivity index (χ4v) is 2.24. The predicted molar refractivity (Wildman–Crippen MR) is 82.4 cm³/mol. The number of benzene rings is 2. The van der Waals surface area contributed by atoms with Gasteiger partial charge in [0, 0.05) is 23.3 Å². The Hall–Kier alpha value is -2.77. The van der Waals surface area contributed by atoms with Gasteiger partial charge in [-0.15, -0.1) is 0 Å². The van der Waals surface area contributed by atoms with Gasteiger partial charge in [-0.2, -0.15) is 5.26 Å². The molecule has 0 atom stereocenters. The van der Waals surface area contributed by atoms with Crippen LogP contribution >= 0.6 is 11.6 Å². The van der Waals surface area contributed by atoms with Crippen molar-refractivity contribution in [3.05, 3.63) is 59.2 Å². The first-order chi connectivity index (χ1) is 10.2. The molecule has 0 aliphatic carbocycles. The van der Waals surface area contributed by atoms with Crippen LogP contribution in [0.4, 0.5) is 5.69 Å². The summed E-state index contributed by atoms with van der Waals surface area (Å²) in [5.41, 5.74) is 7.66. The van der Waals surface area contributed by atoms with Crippen molar-refractivity contribution in [1.82, 2.24) is 4.98 Å². The Morgan fingerprint density at radius 2 is 2.05 bits per heavy atom. The molecule has 2 N–H and O–H groups in total. The number of anilines is 1. The third kappa shape index (κ3) is 2.47. The molecule has 3 rings (SSSR count). The van der Waals surface area contributed by atoms with E-state index >= 15 is 0 Å². The monoisotopic (exact) mass is 295 g/mol. The molecule has 0 aliphatic heterocycles. The molecule has 3 aromatic rings. The maximum absolute atomic E-state index is 8.87. The summed E-state index contributed by atoms with van der Waals surface area (Å²) < 4.78 is 5.82. The van der Waals surface area contributed by atoms with Crippen LogP contribution in [0.25, 0.3) is 10.9 Å². The number of nitrogens with zero attached hydrogens (tertiary/aromatic N) is 2. The van der Waals surface area contributed by atoms with E-state index in [9.17, 15) is 0 Å². The zero-order valence-corrected chi connectivity index (χ0v) is 11.6. The van der Waals surface area contributed by atoms with Crippen LogP contribution in [-0.4, -0.2) is 4.98 Å². The SMILES string of the molecule is N#Cc1ccc(Oc2ccc(N)c3cccnc23)cc1Cl. The van der Waals surface area contributed by atoms with Crippen molar-refractivity contribution in [3.63, 3.8) is 0 Å². The molecule has 2 aromatic carbocycles. The van der Waals surface area contributed by atoms with E-state index in [2.05, 4.69) is 4.98 Å². The predicted octanol–water partition coefficient (Wildman–Crippen LogP) is 4.13. The molecule has 0 fully saturated rings. The second kappa shape index (κ2) is 5.31. The molecular formula is C16H10ClN3O. The van der Waals surface area contributed by atoms with Gasteiger partial charge in [0.1, 0.15) is 17.3 Å². The number of pyridine rings is 1. The molecule has 0 spiro atoms. The number of aromatic nitrogens is 1. The summed E-state index contributed by atoms with van der Waals surface area (Å²) in [4.78, 5) is 4.30. The summed E-state index contributed by atoms with van der Waals surface area (Å²) >= 11 is 6.00. The average molecular weight is 296 g/mol. The Labute approximate surface area is 126 Å². The summed E-state index contributed by atoms with van der Waals surface area (Å²) in [5, 5.41) is 10.0. The zero-order chi connectivity index (χ0) is 14.8. The minimum Gasteiger partial charge on any atom is -0.455 e. The van der Waals surface area contributed by atoms with Crippen LogP contribution in [0.5, 0.6) is 11.5 Å². The van der Waals surface area contributed by atoms with Crippen molar-refractivity contribution in [3.8, 4) is 17.6 Å². The number of ether oxygens (including phenoxy) is 1. The van der Waals surface area contributed by atoms with Crippen LogP contribution in [-0.2, 0) is 0 Å². The lowest BCUT2D eigenvalue weighted by Crippen LogP contribution is -1.92. The van der Waals surface area contributed by atoms with Gasteiger partial charge in [0.15, 0.2) is 5.75 Å². The van der Waals surface area contributed by atoms with E-state index in [1.807, 2.05) is 18.2 Å². The molecule has 0 unspecified atom stereocenters. The Bertz CT molecular complexity index is 871. The number of nitriles is 1. The van der Waals surface area contributed by atoms with Crippen molar-refractivity contribution in [2.45, 2.75) is 0 Å². The molecule has 0 radical (unpaired) electrons. The van der Waals surface area contributed by atoms with Gasteiger partial charge in [-0.1, -0.05) is 11.6 Å². The molecule has 0 amide bonds. The van der Waals surface area contributed by atoms with Crippen LogP contribution in [0.15, 0.2) is 48.7 Å². The summed E-state index contributed by atoms with van der Waals surface area (Å²) in [6, 6.07) is 14.2. The van der Waals surface area contributed by atoms with E-state index in [0.29, 0.717) is 33.3 Å². The highest BCUT2D eigenvalue weighted by atomic mass is 35.5. The summed E-state index contributed by atoms with van der Waals surface area (Å²) in [6.07, 6.45) is 1.68. The van der Waals surface area contributed by atoms with Crippen molar-refractivity contribution in [1.29, 1.82) is 5.26 Å². The van der Waals surface area contributed by atoms with Crippen LogP contribution in [0.1, 0.15) is 5.56 Å². The molecule has 1 heterocycles. The number of hydrogen-bond acceptors (Lipinski definition) is 4. The van der Waals surface area contributed by atoms with Gasteiger partial charge in [-0.05, 0) is 36.4 Å². The molecule has 1 aromatic heterocycles. The standard InChI is InChI=1S/C16H10ClN3O/c17-13-8-11(4-3-10(13)9-18)21-15-6-5-14(19)12-2-1-7-20-16(12)15/h1-8H,19H2. The van der Waals surface area contributed by atoms with Gasteiger partial charge in [0.2, 0.25) is 0 Å². The second-order valence-corrected chi connectivity index (χ2v) is 4.82. The van der Waals surface area contributed by atoms with Gasteiger partial charge in [0.05, 0.1) is 10.6 Å². The molecule has 0 bridgehead atoms. The minimum absolute atomic E-state index is 0.350. The average Bonchev–Trinajstić information content (AvgIpc) is 2.51. The highest BCUT2D eigenvalue weighted by Gasteiger charge is 2.08. The highest BCUT2D eigenvalue weighted by molar-refractivity contribution is 6.31. The van der Waals surface area contributed by atoms with Crippen LogP contribution in [0.2, 0.25) is 5.02 Å². The normalized spacial score (nSPS) is 10.3. The van der Waals surface area contributed by atoms with Gasteiger partial charge < -0.3 is 10.5 Å². The van der Waals surface area contributed by atoms with Gasteiger partial charge >= 0.3 is 0 Å². The van der Waals surface area contributed by atoms with E-state index in [-0.39, 0.29) is 0 Å². The first-order valence-corrected chi connectivity index (χ1v) is 6.57. The largest absolute Gasteiger partial charge is 0.455 e. The second-order valence-electron chi connectivity index (χ2n) is 4.41. The molecule has 0 saturated carbocycles. The highest BCUT2D eigenvalue weighted by Crippen LogP contribution is 2.33. The van der Waals surface area contributed by atoms with Gasteiger partial charge in [-0.25, -0.2) is 0 Å². The number of nitrogen functional groups attached to an aromatic ring is 1. The third-order valence-corrected chi connectivity index (χ3v) is 3.37. The smallest absolute Gasteiger partial charge is 0.153 e. The van der Waals surface area contributed by atoms with Crippen LogP contribution < -0.4 is 10.5 Å². The summed E-state index contributed by atoms with van der Waals surface area (Å²) in [5.74, 6) is 1.12. The number of hydrogen-bond donors (Lipinski definition) is 1. The van der Waals surface area contributed by atoms with Crippen molar-refractivity contribution in [2.24, 2.45) is 0 Å². The van der Waals surface area contributed by atoms with Crippen molar-refractivity contribution < 1.29 is 4.74 Å². The lowest BCUT2D eigenvalue weighted by Gasteiger charge is -2.10. The van der Waals surface area contributed by atoms with Crippen molar-refractivity contribution >= 4 is 28.2 Å². The quantitative estimate of drug-likeness (QED) is 0.721. The molecule has 0 saturated heterocycles. The molecular weight excluding hydrogens is 286 g/mol. The van der Waals surface area contributed by atoms with E-state index < -0.39 is 0 Å². The molecule has 5 heteroatoms. The molecule has 102 valence electrons. The third-order valence-electron chi connectivity index (χ3n) is 3.06. The molecule has 21 heavy (non-hydrogen) atoms. The van der Waals surface area contributed by atoms with Gasteiger partial charge in [0.25, 0.3) is 0 Å². The maximum atomic E-state index is 8.87. The Morgan fingerprint density at radius 1 is 1.19 bits per heavy atom. The summed E-state index contributed by atoms with van der Waals surface area (Å²) in [6.45, 7) is 0. The fourth-order valence-electron chi connectivity index (χ4n) is 2.03. The first kappa shape index (κ1) is 13.2.